The first-order valence-corrected chi connectivity index (χ1v) is 6.25. The van der Waals surface area contributed by atoms with Crippen LogP contribution in [0.2, 0.25) is 0 Å². The molecule has 0 aliphatic heterocycles. The molecule has 0 spiro atoms. The maximum absolute atomic E-state index is 10.6. The monoisotopic (exact) mass is 359 g/mol. The lowest BCUT2D eigenvalue weighted by molar-refractivity contribution is 0.0690. The number of hydrogen-bond acceptors (Lipinski definition) is 4. The zero-order chi connectivity index (χ0) is 13.0. The Morgan fingerprint density at radius 1 is 1.50 bits per heavy atom. The van der Waals surface area contributed by atoms with E-state index in [4.69, 9.17) is 9.84 Å². The molecule has 0 amide bonds. The zero-order valence-corrected chi connectivity index (χ0v) is 11.4. The highest BCUT2D eigenvalue weighted by molar-refractivity contribution is 14.1. The lowest BCUT2D eigenvalue weighted by Crippen LogP contribution is -2.08. The Labute approximate surface area is 117 Å². The second-order valence-corrected chi connectivity index (χ2v) is 4.72. The van der Waals surface area contributed by atoms with Gasteiger partial charge in [0.2, 0.25) is 0 Å². The average Bonchev–Trinajstić information content (AvgIpc) is 2.78. The van der Waals surface area contributed by atoms with Gasteiger partial charge in [0, 0.05) is 3.57 Å². The van der Waals surface area contributed by atoms with E-state index in [1.807, 2.05) is 24.3 Å². The number of carbonyl (C=O) groups is 1. The van der Waals surface area contributed by atoms with Crippen LogP contribution in [0.5, 0.6) is 5.75 Å². The van der Waals surface area contributed by atoms with E-state index in [0.29, 0.717) is 13.2 Å². The fraction of sp³-hybridized carbons (Fsp3) is 0.182. The first kappa shape index (κ1) is 12.8. The number of nitrogens with zero attached hydrogens (tertiary/aromatic N) is 3. The van der Waals surface area contributed by atoms with Crippen molar-refractivity contribution in [3.63, 3.8) is 0 Å². The standard InChI is InChI=1S/C11H10IN3O3/c12-8-2-1-3-9(6-8)18-5-4-15-7-10(11(16)17)13-14-15/h1-3,6-7H,4-5H2,(H,16,17). The number of aromatic nitrogens is 3. The van der Waals surface area contributed by atoms with Gasteiger partial charge in [0.15, 0.2) is 5.69 Å². The number of carboxylic acid groups (broad SMARTS) is 1. The van der Waals surface area contributed by atoms with Crippen LogP contribution in [-0.4, -0.2) is 32.7 Å². The molecule has 1 aromatic heterocycles. The summed E-state index contributed by atoms with van der Waals surface area (Å²) in [5, 5.41) is 15.9. The number of rotatable bonds is 5. The normalized spacial score (nSPS) is 10.3. The SMILES string of the molecule is O=C(O)c1cn(CCOc2cccc(I)c2)nn1. The predicted molar refractivity (Wildman–Crippen MR) is 71.6 cm³/mol. The molecule has 94 valence electrons. The Morgan fingerprint density at radius 3 is 3.00 bits per heavy atom. The van der Waals surface area contributed by atoms with Crippen LogP contribution in [0, 0.1) is 3.57 Å². The minimum atomic E-state index is -1.08. The Hall–Kier alpha value is -1.64. The van der Waals surface area contributed by atoms with E-state index in [-0.39, 0.29) is 5.69 Å². The maximum atomic E-state index is 10.6. The summed E-state index contributed by atoms with van der Waals surface area (Å²) in [6, 6.07) is 7.68. The molecule has 0 aliphatic carbocycles. The molecule has 0 saturated carbocycles. The Balaban J connectivity index is 1.86. The third kappa shape index (κ3) is 3.42. The molecule has 0 saturated heterocycles. The molecule has 2 rings (SSSR count). The van der Waals surface area contributed by atoms with Gasteiger partial charge in [-0.3, -0.25) is 0 Å². The molecule has 1 N–H and O–H groups in total. The number of carboxylic acids is 1. The zero-order valence-electron chi connectivity index (χ0n) is 9.28. The largest absolute Gasteiger partial charge is 0.492 e. The Kier molecular flexibility index (Phi) is 4.13. The quantitative estimate of drug-likeness (QED) is 0.822. The van der Waals surface area contributed by atoms with Crippen molar-refractivity contribution in [3.05, 3.63) is 39.7 Å². The van der Waals surface area contributed by atoms with Gasteiger partial charge in [-0.25, -0.2) is 9.48 Å². The molecule has 0 radical (unpaired) electrons. The van der Waals surface area contributed by atoms with E-state index in [1.54, 1.807) is 0 Å². The van der Waals surface area contributed by atoms with E-state index in [1.165, 1.54) is 10.9 Å². The molecule has 0 unspecified atom stereocenters. The van der Waals surface area contributed by atoms with Crippen LogP contribution < -0.4 is 4.74 Å². The van der Waals surface area contributed by atoms with Crippen molar-refractivity contribution < 1.29 is 14.6 Å². The van der Waals surface area contributed by atoms with E-state index >= 15 is 0 Å². The van der Waals surface area contributed by atoms with Gasteiger partial charge in [-0.15, -0.1) is 5.10 Å². The lowest BCUT2D eigenvalue weighted by atomic mass is 10.3. The van der Waals surface area contributed by atoms with E-state index < -0.39 is 5.97 Å². The number of benzene rings is 1. The minimum Gasteiger partial charge on any atom is -0.492 e. The highest BCUT2D eigenvalue weighted by Crippen LogP contribution is 2.14. The molecular weight excluding hydrogens is 349 g/mol. The first-order chi connectivity index (χ1) is 8.65. The second-order valence-electron chi connectivity index (χ2n) is 3.48. The smallest absolute Gasteiger partial charge is 0.358 e. The van der Waals surface area contributed by atoms with E-state index in [9.17, 15) is 4.79 Å². The molecular formula is C11H10IN3O3. The van der Waals surface area contributed by atoms with Crippen molar-refractivity contribution >= 4 is 28.6 Å². The number of hydrogen-bond donors (Lipinski definition) is 1. The van der Waals surface area contributed by atoms with Gasteiger partial charge < -0.3 is 9.84 Å². The van der Waals surface area contributed by atoms with Crippen molar-refractivity contribution in [1.29, 1.82) is 0 Å². The van der Waals surface area contributed by atoms with Gasteiger partial charge in [-0.05, 0) is 40.8 Å². The molecule has 18 heavy (non-hydrogen) atoms. The van der Waals surface area contributed by atoms with Crippen molar-refractivity contribution in [2.45, 2.75) is 6.54 Å². The van der Waals surface area contributed by atoms with E-state index in [0.717, 1.165) is 9.32 Å². The topological polar surface area (TPSA) is 77.2 Å². The molecule has 2 aromatic rings. The highest BCUT2D eigenvalue weighted by Gasteiger charge is 2.07. The van der Waals surface area contributed by atoms with Gasteiger partial charge in [-0.2, -0.15) is 0 Å². The summed E-state index contributed by atoms with van der Waals surface area (Å²) < 4.78 is 8.06. The number of ether oxygens (including phenoxy) is 1. The third-order valence-electron chi connectivity index (χ3n) is 2.14. The summed E-state index contributed by atoms with van der Waals surface area (Å²) in [6.45, 7) is 0.855. The molecule has 0 aliphatic rings. The van der Waals surface area contributed by atoms with Crippen LogP contribution in [0.25, 0.3) is 0 Å². The Bertz CT molecular complexity index is 556. The van der Waals surface area contributed by atoms with Crippen molar-refractivity contribution in [2.24, 2.45) is 0 Å². The Morgan fingerprint density at radius 2 is 2.33 bits per heavy atom. The van der Waals surface area contributed by atoms with Crippen LogP contribution in [-0.2, 0) is 6.54 Å². The average molecular weight is 359 g/mol. The van der Waals surface area contributed by atoms with Crippen LogP contribution in [0.3, 0.4) is 0 Å². The van der Waals surface area contributed by atoms with Crippen LogP contribution in [0.15, 0.2) is 30.5 Å². The minimum absolute atomic E-state index is 0.0655. The molecule has 1 aromatic carbocycles. The van der Waals surface area contributed by atoms with Crippen molar-refractivity contribution in [1.82, 2.24) is 15.0 Å². The molecule has 6 nitrogen and oxygen atoms in total. The summed E-state index contributed by atoms with van der Waals surface area (Å²) in [7, 11) is 0. The predicted octanol–water partition coefficient (Wildman–Crippen LogP) is 1.66. The van der Waals surface area contributed by atoms with Crippen molar-refractivity contribution in [3.8, 4) is 5.75 Å². The molecule has 0 fully saturated rings. The number of aromatic carboxylic acids is 1. The maximum Gasteiger partial charge on any atom is 0.358 e. The first-order valence-electron chi connectivity index (χ1n) is 5.17. The van der Waals surface area contributed by atoms with Gasteiger partial charge in [0.05, 0.1) is 12.7 Å². The fourth-order valence-corrected chi connectivity index (χ4v) is 1.83. The summed E-state index contributed by atoms with van der Waals surface area (Å²) in [6.07, 6.45) is 1.38. The van der Waals surface area contributed by atoms with Crippen LogP contribution >= 0.6 is 22.6 Å². The van der Waals surface area contributed by atoms with Gasteiger partial charge in [-0.1, -0.05) is 11.3 Å². The summed E-state index contributed by atoms with van der Waals surface area (Å²) >= 11 is 2.21. The van der Waals surface area contributed by atoms with Crippen molar-refractivity contribution in [2.75, 3.05) is 6.61 Å². The highest BCUT2D eigenvalue weighted by atomic mass is 127. The van der Waals surface area contributed by atoms with Gasteiger partial charge in [0.25, 0.3) is 0 Å². The second kappa shape index (κ2) is 5.80. The van der Waals surface area contributed by atoms with Gasteiger partial charge >= 0.3 is 5.97 Å². The van der Waals surface area contributed by atoms with E-state index in [2.05, 4.69) is 32.9 Å². The molecule has 0 atom stereocenters. The van der Waals surface area contributed by atoms with Crippen LogP contribution in [0.1, 0.15) is 10.5 Å². The molecule has 7 heteroatoms. The van der Waals surface area contributed by atoms with Crippen LogP contribution in [0.4, 0.5) is 0 Å². The fourth-order valence-electron chi connectivity index (χ4n) is 1.32. The van der Waals surface area contributed by atoms with Gasteiger partial charge in [0.1, 0.15) is 12.4 Å². The molecule has 1 heterocycles. The third-order valence-corrected chi connectivity index (χ3v) is 2.81. The summed E-state index contributed by atoms with van der Waals surface area (Å²) in [5.74, 6) is -0.305. The molecule has 0 bridgehead atoms. The number of halogens is 1. The lowest BCUT2D eigenvalue weighted by Gasteiger charge is -2.05. The summed E-state index contributed by atoms with van der Waals surface area (Å²) in [5.41, 5.74) is -0.0655. The summed E-state index contributed by atoms with van der Waals surface area (Å²) in [4.78, 5) is 10.6.